The molecule has 1 heterocycles. The quantitative estimate of drug-likeness (QED) is 0.907. The van der Waals surface area contributed by atoms with Crippen molar-refractivity contribution in [1.29, 1.82) is 5.26 Å². The van der Waals surface area contributed by atoms with E-state index < -0.39 is 0 Å². The monoisotopic (exact) mass is 336 g/mol. The minimum atomic E-state index is -0.270. The summed E-state index contributed by atoms with van der Waals surface area (Å²) in [7, 11) is 0. The molecular weight excluding hydrogens is 312 g/mol. The van der Waals surface area contributed by atoms with E-state index in [9.17, 15) is 10.1 Å². The Morgan fingerprint density at radius 3 is 2.68 bits per heavy atom. The molecule has 0 amide bonds. The molecule has 4 nitrogen and oxygen atoms in total. The van der Waals surface area contributed by atoms with Crippen molar-refractivity contribution in [2.45, 2.75) is 40.2 Å². The van der Waals surface area contributed by atoms with Gasteiger partial charge < -0.3 is 10.1 Å². The third-order valence-corrected chi connectivity index (χ3v) is 4.88. The maximum atomic E-state index is 12.8. The van der Waals surface area contributed by atoms with E-state index in [2.05, 4.69) is 25.2 Å². The van der Waals surface area contributed by atoms with Crippen molar-refractivity contribution in [3.05, 3.63) is 58.4 Å². The second-order valence-electron chi connectivity index (χ2n) is 7.66. The molecular formula is C21H24N2O2. The maximum Gasteiger partial charge on any atom is 0.161 e. The lowest BCUT2D eigenvalue weighted by Crippen LogP contribution is -2.38. The molecule has 0 saturated carbocycles. The molecule has 1 aromatic carbocycles. The summed E-state index contributed by atoms with van der Waals surface area (Å²) >= 11 is 0. The molecule has 0 unspecified atom stereocenters. The van der Waals surface area contributed by atoms with Gasteiger partial charge in [-0.15, -0.1) is 0 Å². The van der Waals surface area contributed by atoms with Crippen LogP contribution < -0.4 is 5.32 Å². The van der Waals surface area contributed by atoms with Gasteiger partial charge in [-0.2, -0.15) is 5.26 Å². The lowest BCUT2D eigenvalue weighted by molar-refractivity contribution is -0.118. The highest BCUT2D eigenvalue weighted by molar-refractivity contribution is 5.99. The first-order chi connectivity index (χ1) is 11.9. The maximum absolute atomic E-state index is 12.8. The number of dihydropyridines is 1. The second-order valence-corrected chi connectivity index (χ2v) is 7.66. The van der Waals surface area contributed by atoms with Gasteiger partial charge in [0.15, 0.2) is 5.78 Å². The Morgan fingerprint density at radius 1 is 1.28 bits per heavy atom. The van der Waals surface area contributed by atoms with Gasteiger partial charge >= 0.3 is 0 Å². The van der Waals surface area contributed by atoms with Crippen LogP contribution in [0.2, 0.25) is 0 Å². The highest BCUT2D eigenvalue weighted by Crippen LogP contribution is 2.42. The molecule has 25 heavy (non-hydrogen) atoms. The Kier molecular flexibility index (Phi) is 4.78. The van der Waals surface area contributed by atoms with E-state index in [1.165, 1.54) is 0 Å². The van der Waals surface area contributed by atoms with Crippen molar-refractivity contribution in [2.75, 3.05) is 6.61 Å². The van der Waals surface area contributed by atoms with Crippen LogP contribution in [0.4, 0.5) is 0 Å². The van der Waals surface area contributed by atoms with Crippen LogP contribution in [0.15, 0.2) is 52.9 Å². The number of nitrogens with zero attached hydrogens (tertiary/aromatic N) is 1. The van der Waals surface area contributed by atoms with E-state index in [-0.39, 0.29) is 17.1 Å². The highest BCUT2D eigenvalue weighted by Gasteiger charge is 2.40. The third-order valence-electron chi connectivity index (χ3n) is 4.88. The number of ether oxygens (including phenoxy) is 1. The van der Waals surface area contributed by atoms with Crippen LogP contribution in [-0.4, -0.2) is 12.4 Å². The normalized spacial score (nSPS) is 22.3. The van der Waals surface area contributed by atoms with Crippen molar-refractivity contribution in [3.8, 4) is 6.07 Å². The Bertz CT molecular complexity index is 782. The summed E-state index contributed by atoms with van der Waals surface area (Å²) < 4.78 is 5.89. The molecule has 4 heteroatoms. The molecule has 1 aromatic rings. The summed E-state index contributed by atoms with van der Waals surface area (Å²) in [5, 5.41) is 12.9. The van der Waals surface area contributed by atoms with Gasteiger partial charge in [-0.3, -0.25) is 4.79 Å². The zero-order chi connectivity index (χ0) is 18.0. The van der Waals surface area contributed by atoms with Gasteiger partial charge in [0.05, 0.1) is 24.9 Å². The van der Waals surface area contributed by atoms with Gasteiger partial charge in [0, 0.05) is 29.3 Å². The Morgan fingerprint density at radius 2 is 2.00 bits per heavy atom. The predicted molar refractivity (Wildman–Crippen MR) is 96.1 cm³/mol. The van der Waals surface area contributed by atoms with Crippen molar-refractivity contribution in [1.82, 2.24) is 5.32 Å². The summed E-state index contributed by atoms with van der Waals surface area (Å²) in [5.74, 6) is -0.138. The van der Waals surface area contributed by atoms with E-state index in [0.29, 0.717) is 25.2 Å². The highest BCUT2D eigenvalue weighted by atomic mass is 16.5. The standard InChI is InChI=1S/C21H24N2O2/c1-14-16(11-22)17(13-25-12-15-7-5-4-6-8-15)20-18(23-14)9-21(2,3)10-19(20)24/h4-8,17,23H,9-10,12-13H2,1-3H3/t17-/m1/s1. The van der Waals surface area contributed by atoms with Crippen LogP contribution in [-0.2, 0) is 16.1 Å². The van der Waals surface area contributed by atoms with Crippen LogP contribution in [0.25, 0.3) is 0 Å². The number of nitrogens with one attached hydrogen (secondary N) is 1. The number of nitriles is 1. The van der Waals surface area contributed by atoms with Gasteiger partial charge in [0.2, 0.25) is 0 Å². The molecule has 0 radical (unpaired) electrons. The summed E-state index contributed by atoms with van der Waals surface area (Å²) in [5.41, 5.74) is 4.18. The second kappa shape index (κ2) is 6.85. The average Bonchev–Trinajstić information content (AvgIpc) is 2.54. The summed E-state index contributed by atoms with van der Waals surface area (Å²) in [6, 6.07) is 12.2. The van der Waals surface area contributed by atoms with E-state index in [1.54, 1.807) is 0 Å². The fraction of sp³-hybridized carbons (Fsp3) is 0.429. The van der Waals surface area contributed by atoms with Crippen LogP contribution in [0, 0.1) is 22.7 Å². The molecule has 3 rings (SSSR count). The first-order valence-electron chi connectivity index (χ1n) is 8.67. The molecule has 0 fully saturated rings. The van der Waals surface area contributed by atoms with Crippen LogP contribution in [0.1, 0.15) is 39.2 Å². The molecule has 0 saturated heterocycles. The number of hydrogen-bond acceptors (Lipinski definition) is 4. The zero-order valence-electron chi connectivity index (χ0n) is 15.1. The van der Waals surface area contributed by atoms with Crippen molar-refractivity contribution in [3.63, 3.8) is 0 Å². The number of rotatable bonds is 4. The molecule has 2 aliphatic rings. The molecule has 1 atom stereocenters. The SMILES string of the molecule is CC1=C(C#N)[C@@H](COCc2ccccc2)C2=C(CC(C)(C)CC2=O)N1. The molecule has 1 N–H and O–H groups in total. The molecule has 0 spiro atoms. The topological polar surface area (TPSA) is 62.1 Å². The van der Waals surface area contributed by atoms with E-state index in [0.717, 1.165) is 29.0 Å². The van der Waals surface area contributed by atoms with Gasteiger partial charge in [-0.1, -0.05) is 44.2 Å². The number of carbonyl (C=O) groups is 1. The predicted octanol–water partition coefficient (Wildman–Crippen LogP) is 3.86. The minimum absolute atomic E-state index is 0.0528. The van der Waals surface area contributed by atoms with Crippen molar-refractivity contribution in [2.24, 2.45) is 11.3 Å². The molecule has 0 aromatic heterocycles. The Balaban J connectivity index is 1.82. The number of carbonyl (C=O) groups excluding carboxylic acids is 1. The number of allylic oxidation sites excluding steroid dienone is 2. The van der Waals surface area contributed by atoms with Crippen molar-refractivity contribution >= 4 is 5.78 Å². The fourth-order valence-electron chi connectivity index (χ4n) is 3.75. The Labute approximate surface area is 149 Å². The van der Waals surface area contributed by atoms with E-state index in [1.807, 2.05) is 37.3 Å². The van der Waals surface area contributed by atoms with Gasteiger partial charge in [-0.05, 0) is 24.3 Å². The number of Topliss-reactive ketones (excluding diaryl/α,β-unsaturated/α-hetero) is 1. The summed E-state index contributed by atoms with van der Waals surface area (Å²) in [6.07, 6.45) is 1.33. The van der Waals surface area contributed by atoms with E-state index in [4.69, 9.17) is 4.74 Å². The van der Waals surface area contributed by atoms with E-state index >= 15 is 0 Å². The molecule has 130 valence electrons. The smallest absolute Gasteiger partial charge is 0.161 e. The first kappa shape index (κ1) is 17.4. The minimum Gasteiger partial charge on any atom is -0.376 e. The largest absolute Gasteiger partial charge is 0.376 e. The van der Waals surface area contributed by atoms with Gasteiger partial charge in [0.1, 0.15) is 0 Å². The van der Waals surface area contributed by atoms with Gasteiger partial charge in [0.25, 0.3) is 0 Å². The van der Waals surface area contributed by atoms with Crippen LogP contribution >= 0.6 is 0 Å². The Hall–Kier alpha value is -2.38. The average molecular weight is 336 g/mol. The van der Waals surface area contributed by atoms with Crippen LogP contribution in [0.3, 0.4) is 0 Å². The molecule has 0 bridgehead atoms. The summed E-state index contributed by atoms with van der Waals surface area (Å²) in [6.45, 7) is 6.94. The van der Waals surface area contributed by atoms with Crippen LogP contribution in [0.5, 0.6) is 0 Å². The first-order valence-corrected chi connectivity index (χ1v) is 8.67. The number of hydrogen-bond donors (Lipinski definition) is 1. The fourth-order valence-corrected chi connectivity index (χ4v) is 3.75. The lowest BCUT2D eigenvalue weighted by atomic mass is 9.70. The van der Waals surface area contributed by atoms with Crippen molar-refractivity contribution < 1.29 is 9.53 Å². The summed E-state index contributed by atoms with van der Waals surface area (Å²) in [4.78, 5) is 12.8. The zero-order valence-corrected chi connectivity index (χ0v) is 15.1. The third kappa shape index (κ3) is 3.67. The molecule has 1 aliphatic carbocycles. The number of ketones is 1. The lowest BCUT2D eigenvalue weighted by Gasteiger charge is -2.38. The molecule has 1 aliphatic heterocycles. The number of benzene rings is 1. The van der Waals surface area contributed by atoms with Gasteiger partial charge in [-0.25, -0.2) is 0 Å².